The summed E-state index contributed by atoms with van der Waals surface area (Å²) in [6.07, 6.45) is 1.21. The van der Waals surface area contributed by atoms with Crippen molar-refractivity contribution in [1.82, 2.24) is 14.8 Å². The fraction of sp³-hybridized carbons (Fsp3) is 0.231. The zero-order valence-corrected chi connectivity index (χ0v) is 11.7. The molecule has 0 saturated carbocycles. The number of nitro groups is 1. The third-order valence-electron chi connectivity index (χ3n) is 2.76. The molecule has 2 aromatic rings. The van der Waals surface area contributed by atoms with Crippen LogP contribution in [0.5, 0.6) is 5.75 Å². The van der Waals surface area contributed by atoms with Crippen molar-refractivity contribution >= 4 is 17.4 Å². The molecule has 0 aliphatic carbocycles. The third-order valence-corrected chi connectivity index (χ3v) is 2.76. The van der Waals surface area contributed by atoms with Gasteiger partial charge in [-0.05, 0) is 11.8 Å². The van der Waals surface area contributed by atoms with Crippen molar-refractivity contribution < 1.29 is 14.8 Å². The average molecular weight is 302 g/mol. The van der Waals surface area contributed by atoms with Crippen molar-refractivity contribution in [3.8, 4) is 5.75 Å². The third kappa shape index (κ3) is 3.72. The average Bonchev–Trinajstić information content (AvgIpc) is 2.94. The van der Waals surface area contributed by atoms with E-state index in [4.69, 9.17) is 0 Å². The van der Waals surface area contributed by atoms with Gasteiger partial charge in [-0.25, -0.2) is 0 Å². The number of ketones is 1. The van der Waals surface area contributed by atoms with E-state index >= 15 is 0 Å². The highest BCUT2D eigenvalue weighted by Crippen LogP contribution is 2.13. The zero-order valence-electron chi connectivity index (χ0n) is 11.7. The van der Waals surface area contributed by atoms with Crippen LogP contribution in [0.3, 0.4) is 0 Å². The number of hydrogen-bond acceptors (Lipinski definition) is 7. The quantitative estimate of drug-likeness (QED) is 0.333. The van der Waals surface area contributed by atoms with Crippen LogP contribution in [0.15, 0.2) is 35.6 Å². The molecular weight excluding hydrogens is 290 g/mol. The van der Waals surface area contributed by atoms with Crippen LogP contribution in [-0.4, -0.2) is 37.7 Å². The van der Waals surface area contributed by atoms with Gasteiger partial charge in [-0.1, -0.05) is 35.0 Å². The van der Waals surface area contributed by atoms with Crippen LogP contribution >= 0.6 is 0 Å². The molecule has 0 spiro atoms. The van der Waals surface area contributed by atoms with Crippen molar-refractivity contribution in [3.05, 3.63) is 46.3 Å². The van der Waals surface area contributed by atoms with Gasteiger partial charge in [0.05, 0.1) is 6.54 Å². The molecule has 0 N–H and O–H groups in total. The Morgan fingerprint density at radius 2 is 2.14 bits per heavy atom. The first kappa shape index (κ1) is 15.3. The maximum atomic E-state index is 11.9. The molecule has 0 unspecified atom stereocenters. The maximum absolute atomic E-state index is 11.9. The van der Waals surface area contributed by atoms with Crippen molar-refractivity contribution in [3.63, 3.8) is 0 Å². The highest BCUT2D eigenvalue weighted by atomic mass is 16.6. The Balaban J connectivity index is 1.99. The van der Waals surface area contributed by atoms with Crippen LogP contribution in [0, 0.1) is 10.1 Å². The van der Waals surface area contributed by atoms with Gasteiger partial charge < -0.3 is 15.2 Å². The molecule has 0 bridgehead atoms. The number of carbonyl (C=O) groups is 1. The number of benzene rings is 1. The Bertz CT molecular complexity index is 738. The molecule has 0 atom stereocenters. The van der Waals surface area contributed by atoms with Crippen molar-refractivity contribution in [1.29, 1.82) is 0 Å². The van der Waals surface area contributed by atoms with E-state index in [2.05, 4.69) is 15.1 Å². The number of carbonyl (C=O) groups excluding carboxylic acids is 1. The summed E-state index contributed by atoms with van der Waals surface area (Å²) in [7, 11) is 0. The highest BCUT2D eigenvalue weighted by molar-refractivity contribution is 6.01. The van der Waals surface area contributed by atoms with Crippen molar-refractivity contribution in [2.45, 2.75) is 13.5 Å². The second-order valence-electron chi connectivity index (χ2n) is 4.47. The van der Waals surface area contributed by atoms with Gasteiger partial charge in [-0.3, -0.25) is 9.79 Å². The lowest BCUT2D eigenvalue weighted by Gasteiger charge is -2.10. The Morgan fingerprint density at radius 3 is 2.77 bits per heavy atom. The fourth-order valence-corrected chi connectivity index (χ4v) is 1.72. The molecule has 114 valence electrons. The summed E-state index contributed by atoms with van der Waals surface area (Å²) in [5.41, 5.74) is 0.631. The lowest BCUT2D eigenvalue weighted by molar-refractivity contribution is -0.394. The molecule has 1 aromatic heterocycles. The van der Waals surface area contributed by atoms with Crippen LogP contribution in [0.1, 0.15) is 17.3 Å². The number of hydrogen-bond donors (Lipinski definition) is 0. The van der Waals surface area contributed by atoms with Gasteiger partial charge >= 0.3 is 5.95 Å². The van der Waals surface area contributed by atoms with Crippen LogP contribution in [-0.2, 0) is 6.54 Å². The van der Waals surface area contributed by atoms with Crippen LogP contribution in [0.4, 0.5) is 5.95 Å². The second-order valence-corrected chi connectivity index (χ2v) is 4.47. The molecular formula is C13H12N5O4-. The largest absolute Gasteiger partial charge is 0.872 e. The van der Waals surface area contributed by atoms with Crippen LogP contribution < -0.4 is 5.11 Å². The summed E-state index contributed by atoms with van der Waals surface area (Å²) in [5, 5.41) is 25.6. The lowest BCUT2D eigenvalue weighted by atomic mass is 10.1. The minimum absolute atomic E-state index is 0.0930. The zero-order chi connectivity index (χ0) is 16.1. The van der Waals surface area contributed by atoms with E-state index in [-0.39, 0.29) is 30.2 Å². The van der Waals surface area contributed by atoms with Gasteiger partial charge in [-0.2, -0.15) is 4.68 Å². The summed E-state index contributed by atoms with van der Waals surface area (Å²) in [6, 6.07) is 5.94. The summed E-state index contributed by atoms with van der Waals surface area (Å²) in [5.74, 6) is -1.22. The van der Waals surface area contributed by atoms with Crippen molar-refractivity contribution in [2.75, 3.05) is 6.54 Å². The Kier molecular flexibility index (Phi) is 4.57. The summed E-state index contributed by atoms with van der Waals surface area (Å²) >= 11 is 0. The molecule has 2 rings (SSSR count). The lowest BCUT2D eigenvalue weighted by Crippen LogP contribution is -2.12. The molecule has 0 fully saturated rings. The maximum Gasteiger partial charge on any atom is 0.490 e. The molecule has 1 aromatic carbocycles. The minimum atomic E-state index is -0.697. The number of aromatic nitrogens is 3. The molecule has 0 amide bonds. The number of Topliss-reactive ketones (excluding diaryl/α,β-unsaturated/α-hetero) is 1. The van der Waals surface area contributed by atoms with E-state index in [1.54, 1.807) is 19.1 Å². The van der Waals surface area contributed by atoms with Crippen LogP contribution in [0.25, 0.3) is 0 Å². The summed E-state index contributed by atoms with van der Waals surface area (Å²) < 4.78 is 1.25. The number of nitrogens with zero attached hydrogens (tertiary/aromatic N) is 5. The predicted octanol–water partition coefficient (Wildman–Crippen LogP) is 0.604. The van der Waals surface area contributed by atoms with Gasteiger partial charge in [0.25, 0.3) is 0 Å². The van der Waals surface area contributed by atoms with Crippen molar-refractivity contribution in [2.24, 2.45) is 4.99 Å². The van der Waals surface area contributed by atoms with E-state index < -0.39 is 10.9 Å². The molecule has 1 heterocycles. The Morgan fingerprint density at radius 1 is 1.41 bits per heavy atom. The minimum Gasteiger partial charge on any atom is -0.872 e. The molecule has 22 heavy (non-hydrogen) atoms. The normalized spacial score (nSPS) is 11.4. The standard InChI is InChI=1S/C13H13N5O4/c1-9(7-17-8-15-13(16-17)18(21)22)14-6-12(20)10-4-2-3-5-11(10)19/h2-5,8,19H,6-7H2,1H3/p-1. The molecule has 9 heteroatoms. The smallest absolute Gasteiger partial charge is 0.490 e. The Labute approximate surface area is 125 Å². The van der Waals surface area contributed by atoms with Crippen LogP contribution in [0.2, 0.25) is 0 Å². The van der Waals surface area contributed by atoms with E-state index in [0.717, 1.165) is 0 Å². The molecule has 0 aliphatic heterocycles. The predicted molar refractivity (Wildman–Crippen MR) is 74.9 cm³/mol. The van der Waals surface area contributed by atoms with E-state index in [9.17, 15) is 20.0 Å². The van der Waals surface area contributed by atoms with Gasteiger partial charge in [0.1, 0.15) is 6.54 Å². The molecule has 0 saturated heterocycles. The first-order valence-electron chi connectivity index (χ1n) is 6.30. The first-order chi connectivity index (χ1) is 10.5. The molecule has 0 aliphatic rings. The van der Waals surface area contributed by atoms with Gasteiger partial charge in [0.15, 0.2) is 5.78 Å². The highest BCUT2D eigenvalue weighted by Gasteiger charge is 2.13. The number of rotatable bonds is 6. The SMILES string of the molecule is CC(Cn1cnc([N+](=O)[O-])n1)=NCC(=O)c1ccccc1[O-]. The van der Waals surface area contributed by atoms with Gasteiger partial charge in [-0.15, -0.1) is 0 Å². The summed E-state index contributed by atoms with van der Waals surface area (Å²) in [6.45, 7) is 1.67. The number of para-hydroxylation sites is 1. The van der Waals surface area contributed by atoms with Gasteiger partial charge in [0, 0.05) is 16.4 Å². The Hall–Kier alpha value is -3.10. The van der Waals surface area contributed by atoms with E-state index in [1.165, 1.54) is 23.1 Å². The summed E-state index contributed by atoms with van der Waals surface area (Å²) in [4.78, 5) is 29.2. The monoisotopic (exact) mass is 302 g/mol. The van der Waals surface area contributed by atoms with E-state index in [1.807, 2.05) is 0 Å². The topological polar surface area (TPSA) is 126 Å². The second kappa shape index (κ2) is 6.57. The van der Waals surface area contributed by atoms with E-state index in [0.29, 0.717) is 5.71 Å². The molecule has 9 nitrogen and oxygen atoms in total. The fourth-order valence-electron chi connectivity index (χ4n) is 1.72. The first-order valence-corrected chi connectivity index (χ1v) is 6.30. The number of aliphatic imine (C=N–C) groups is 1. The molecule has 0 radical (unpaired) electrons. The van der Waals surface area contributed by atoms with Gasteiger partial charge in [0.2, 0.25) is 6.33 Å².